The number of fused-ring (bicyclic) bond motifs is 3. The van der Waals surface area contributed by atoms with E-state index >= 15 is 0 Å². The highest BCUT2D eigenvalue weighted by Crippen LogP contribution is 2.45. The number of amides is 2. The van der Waals surface area contributed by atoms with Crippen molar-refractivity contribution in [3.8, 4) is 11.1 Å². The van der Waals surface area contributed by atoms with E-state index in [1.807, 2.05) is 24.3 Å². The second-order valence-corrected chi connectivity index (χ2v) is 9.49. The van der Waals surface area contributed by atoms with E-state index in [-0.39, 0.29) is 37.3 Å². The largest absolute Gasteiger partial charge is 0.481 e. The quantitative estimate of drug-likeness (QED) is 0.674. The lowest BCUT2D eigenvalue weighted by Crippen LogP contribution is -2.60. The summed E-state index contributed by atoms with van der Waals surface area (Å²) in [6, 6.07) is 16.4. The maximum atomic E-state index is 13.0. The smallest absolute Gasteiger partial charge is 0.407 e. The Morgan fingerprint density at radius 2 is 1.61 bits per heavy atom. The summed E-state index contributed by atoms with van der Waals surface area (Å²) in [5, 5.41) is 11.7. The molecule has 0 atom stereocenters. The molecule has 0 bridgehead atoms. The summed E-state index contributed by atoms with van der Waals surface area (Å²) in [6.45, 7) is 1.46. The van der Waals surface area contributed by atoms with Gasteiger partial charge in [0.15, 0.2) is 0 Å². The number of carbonyl (C=O) groups is 3. The molecule has 2 aromatic rings. The maximum absolute atomic E-state index is 13.0. The van der Waals surface area contributed by atoms with Gasteiger partial charge in [-0.05, 0) is 35.1 Å². The molecule has 2 amide bonds. The monoisotopic (exact) mass is 448 g/mol. The second-order valence-electron chi connectivity index (χ2n) is 9.49. The van der Waals surface area contributed by atoms with Gasteiger partial charge in [-0.15, -0.1) is 0 Å². The Bertz CT molecular complexity index is 1040. The molecule has 7 nitrogen and oxygen atoms in total. The highest BCUT2D eigenvalue weighted by molar-refractivity contribution is 5.85. The van der Waals surface area contributed by atoms with E-state index in [2.05, 4.69) is 29.6 Å². The third kappa shape index (κ3) is 3.96. The molecule has 7 heteroatoms. The summed E-state index contributed by atoms with van der Waals surface area (Å²) >= 11 is 0. The highest BCUT2D eigenvalue weighted by Gasteiger charge is 2.49. The van der Waals surface area contributed by atoms with Crippen LogP contribution in [0.25, 0.3) is 11.1 Å². The number of nitrogens with one attached hydrogen (secondary N) is 1. The number of hydrogen-bond acceptors (Lipinski definition) is 4. The number of aliphatic carboxylic acids is 1. The van der Waals surface area contributed by atoms with E-state index in [0.29, 0.717) is 13.1 Å². The summed E-state index contributed by atoms with van der Waals surface area (Å²) in [4.78, 5) is 38.1. The number of alkyl carbamates (subject to hydrolysis) is 1. The molecule has 0 unspecified atom stereocenters. The van der Waals surface area contributed by atoms with Gasteiger partial charge >= 0.3 is 12.1 Å². The lowest BCUT2D eigenvalue weighted by Gasteiger charge is -2.48. The molecule has 0 radical (unpaired) electrons. The summed E-state index contributed by atoms with van der Waals surface area (Å²) in [7, 11) is 0. The molecule has 2 aromatic carbocycles. The second kappa shape index (κ2) is 8.54. The number of likely N-dealkylation sites (tertiary alicyclic amines) is 1. The molecule has 1 heterocycles. The molecule has 0 spiro atoms. The Labute approximate surface area is 192 Å². The molecule has 1 saturated heterocycles. The molecular weight excluding hydrogens is 420 g/mol. The SMILES string of the molecule is O=C(O)CC1CN(C(=O)C2(CNC(=O)OCC3c4ccccc4-c4ccccc43)CCC2)C1. The van der Waals surface area contributed by atoms with Crippen LogP contribution in [0.4, 0.5) is 4.79 Å². The zero-order valence-corrected chi connectivity index (χ0v) is 18.5. The minimum Gasteiger partial charge on any atom is -0.481 e. The third-order valence-electron chi connectivity index (χ3n) is 7.39. The van der Waals surface area contributed by atoms with Crippen molar-refractivity contribution < 1.29 is 24.2 Å². The average molecular weight is 449 g/mol. The van der Waals surface area contributed by atoms with Crippen LogP contribution in [0.1, 0.15) is 42.7 Å². The Balaban J connectivity index is 1.16. The van der Waals surface area contributed by atoms with Gasteiger partial charge in [-0.1, -0.05) is 55.0 Å². The van der Waals surface area contributed by atoms with Crippen LogP contribution in [0, 0.1) is 11.3 Å². The maximum Gasteiger partial charge on any atom is 0.407 e. The van der Waals surface area contributed by atoms with E-state index < -0.39 is 17.5 Å². The van der Waals surface area contributed by atoms with Crippen LogP contribution >= 0.6 is 0 Å². The van der Waals surface area contributed by atoms with Crippen LogP contribution in [0.5, 0.6) is 0 Å². The first kappa shape index (κ1) is 21.5. The van der Waals surface area contributed by atoms with Crippen LogP contribution in [0.3, 0.4) is 0 Å². The Morgan fingerprint density at radius 1 is 1.00 bits per heavy atom. The van der Waals surface area contributed by atoms with Crippen molar-refractivity contribution in [2.24, 2.45) is 11.3 Å². The Hall–Kier alpha value is -3.35. The van der Waals surface area contributed by atoms with Crippen molar-refractivity contribution in [3.63, 3.8) is 0 Å². The van der Waals surface area contributed by atoms with E-state index in [1.54, 1.807) is 4.90 Å². The number of benzene rings is 2. The number of rotatable bonds is 7. The molecule has 0 aromatic heterocycles. The van der Waals surface area contributed by atoms with Crippen molar-refractivity contribution in [1.82, 2.24) is 10.2 Å². The van der Waals surface area contributed by atoms with Crippen LogP contribution in [0.15, 0.2) is 48.5 Å². The first-order chi connectivity index (χ1) is 16.0. The van der Waals surface area contributed by atoms with Crippen LogP contribution in [-0.2, 0) is 14.3 Å². The molecule has 33 heavy (non-hydrogen) atoms. The Morgan fingerprint density at radius 3 is 2.15 bits per heavy atom. The zero-order valence-electron chi connectivity index (χ0n) is 18.5. The van der Waals surface area contributed by atoms with Crippen molar-refractivity contribution in [1.29, 1.82) is 0 Å². The zero-order chi connectivity index (χ0) is 23.0. The molecule has 5 rings (SSSR count). The number of nitrogens with zero attached hydrogens (tertiary/aromatic N) is 1. The van der Waals surface area contributed by atoms with Crippen LogP contribution < -0.4 is 5.32 Å². The molecule has 2 fully saturated rings. The molecular formula is C26H28N2O5. The van der Waals surface area contributed by atoms with Crippen molar-refractivity contribution >= 4 is 18.0 Å². The van der Waals surface area contributed by atoms with E-state index in [0.717, 1.165) is 30.4 Å². The summed E-state index contributed by atoms with van der Waals surface area (Å²) in [6.07, 6.45) is 1.99. The van der Waals surface area contributed by atoms with Crippen molar-refractivity contribution in [2.75, 3.05) is 26.2 Å². The van der Waals surface area contributed by atoms with Gasteiger partial charge in [-0.3, -0.25) is 9.59 Å². The normalized spacial score (nSPS) is 18.5. The minimum atomic E-state index is -0.831. The predicted octanol–water partition coefficient (Wildman–Crippen LogP) is 3.63. The minimum absolute atomic E-state index is 0.00491. The van der Waals surface area contributed by atoms with Crippen molar-refractivity contribution in [3.05, 3.63) is 59.7 Å². The van der Waals surface area contributed by atoms with Gasteiger partial charge < -0.3 is 20.1 Å². The molecule has 2 N–H and O–H groups in total. The van der Waals surface area contributed by atoms with Gasteiger partial charge in [0, 0.05) is 31.5 Å². The number of ether oxygens (including phenoxy) is 1. The summed E-state index contributed by atoms with van der Waals surface area (Å²) < 4.78 is 5.60. The first-order valence-corrected chi connectivity index (χ1v) is 11.6. The van der Waals surface area contributed by atoms with Gasteiger partial charge in [0.25, 0.3) is 0 Å². The van der Waals surface area contributed by atoms with Crippen LogP contribution in [0.2, 0.25) is 0 Å². The number of carbonyl (C=O) groups excluding carboxylic acids is 2. The number of hydrogen-bond donors (Lipinski definition) is 2. The van der Waals surface area contributed by atoms with E-state index in [9.17, 15) is 14.4 Å². The van der Waals surface area contributed by atoms with Gasteiger partial charge in [0.2, 0.25) is 5.91 Å². The lowest BCUT2D eigenvalue weighted by atomic mass is 9.67. The highest BCUT2D eigenvalue weighted by atomic mass is 16.5. The van der Waals surface area contributed by atoms with Crippen LogP contribution in [-0.4, -0.2) is 54.2 Å². The molecule has 3 aliphatic rings. The van der Waals surface area contributed by atoms with Gasteiger partial charge in [0.1, 0.15) is 6.61 Å². The molecule has 1 aliphatic heterocycles. The van der Waals surface area contributed by atoms with Crippen molar-refractivity contribution in [2.45, 2.75) is 31.6 Å². The fraction of sp³-hybridized carbons (Fsp3) is 0.423. The molecule has 1 saturated carbocycles. The summed E-state index contributed by atoms with van der Waals surface area (Å²) in [5.41, 5.74) is 4.09. The summed E-state index contributed by atoms with van der Waals surface area (Å²) in [5.74, 6) is -0.787. The van der Waals surface area contributed by atoms with E-state index in [1.165, 1.54) is 11.1 Å². The van der Waals surface area contributed by atoms with E-state index in [4.69, 9.17) is 9.84 Å². The Kier molecular flexibility index (Phi) is 5.56. The standard InChI is InChI=1S/C26H28N2O5/c29-23(30)12-17-13-28(14-17)24(31)26(10-5-11-26)16-27-25(32)33-15-22-20-8-3-1-6-18(20)19-7-2-4-9-21(19)22/h1-4,6-9,17,22H,5,10-16H2,(H,27,32)(H,29,30). The third-order valence-corrected chi connectivity index (χ3v) is 7.39. The first-order valence-electron chi connectivity index (χ1n) is 11.6. The van der Waals surface area contributed by atoms with Gasteiger partial charge in [-0.2, -0.15) is 0 Å². The lowest BCUT2D eigenvalue weighted by molar-refractivity contribution is -0.156. The average Bonchev–Trinajstić information content (AvgIpc) is 3.07. The van der Waals surface area contributed by atoms with Gasteiger partial charge in [0.05, 0.1) is 11.8 Å². The van der Waals surface area contributed by atoms with Gasteiger partial charge in [-0.25, -0.2) is 4.79 Å². The fourth-order valence-corrected chi connectivity index (χ4v) is 5.41. The predicted molar refractivity (Wildman–Crippen MR) is 122 cm³/mol. The topological polar surface area (TPSA) is 95.9 Å². The molecule has 2 aliphatic carbocycles. The fourth-order valence-electron chi connectivity index (χ4n) is 5.41. The number of carboxylic acid groups (broad SMARTS) is 1. The number of carboxylic acids is 1. The molecule has 172 valence electrons.